The van der Waals surface area contributed by atoms with E-state index < -0.39 is 12.1 Å². The average molecular weight is 933 g/mol. The van der Waals surface area contributed by atoms with Gasteiger partial charge in [0, 0.05) is 12.8 Å². The van der Waals surface area contributed by atoms with Crippen LogP contribution in [0.3, 0.4) is 0 Å². The number of aliphatic hydroxyl groups excluding tert-OH is 2. The summed E-state index contributed by atoms with van der Waals surface area (Å²) >= 11 is 0. The minimum absolute atomic E-state index is 0.00173. The molecule has 0 aliphatic carbocycles. The highest BCUT2D eigenvalue weighted by Crippen LogP contribution is 2.18. The van der Waals surface area contributed by atoms with Crippen molar-refractivity contribution in [3.63, 3.8) is 0 Å². The number of aliphatic hydroxyl groups is 2. The van der Waals surface area contributed by atoms with Gasteiger partial charge in [0.25, 0.3) is 0 Å². The maximum absolute atomic E-state index is 12.5. The predicted octanol–water partition coefficient (Wildman–Crippen LogP) is 18.5. The van der Waals surface area contributed by atoms with Gasteiger partial charge in [-0.1, -0.05) is 283 Å². The van der Waals surface area contributed by atoms with Crippen molar-refractivity contribution in [2.24, 2.45) is 0 Å². The van der Waals surface area contributed by atoms with Crippen molar-refractivity contribution in [1.29, 1.82) is 0 Å². The molecule has 0 aromatic rings. The number of allylic oxidation sites excluding steroid dienone is 2. The van der Waals surface area contributed by atoms with Crippen molar-refractivity contribution in [1.82, 2.24) is 5.32 Å². The molecule has 3 N–H and O–H groups in total. The number of hydrogen-bond donors (Lipinski definition) is 3. The normalized spacial score (nSPS) is 12.6. The summed E-state index contributed by atoms with van der Waals surface area (Å²) in [5.74, 6) is -0.0394. The Balaban J connectivity index is 3.41. The summed E-state index contributed by atoms with van der Waals surface area (Å²) in [4.78, 5) is 24.5. The Morgan fingerprint density at radius 3 is 1.08 bits per heavy atom. The second-order valence-electron chi connectivity index (χ2n) is 20.7. The van der Waals surface area contributed by atoms with Gasteiger partial charge in [0.05, 0.1) is 25.4 Å². The molecule has 0 aromatic carbocycles. The van der Waals surface area contributed by atoms with Crippen molar-refractivity contribution < 1.29 is 24.5 Å². The van der Waals surface area contributed by atoms with Crippen LogP contribution in [0.5, 0.6) is 0 Å². The molecule has 6 heteroatoms. The van der Waals surface area contributed by atoms with Crippen molar-refractivity contribution in [3.8, 4) is 0 Å². The van der Waals surface area contributed by atoms with Gasteiger partial charge in [-0.05, 0) is 51.4 Å². The third-order valence-corrected chi connectivity index (χ3v) is 14.1. The zero-order chi connectivity index (χ0) is 47.9. The Labute approximate surface area is 412 Å². The number of carbonyl (C=O) groups is 2. The van der Waals surface area contributed by atoms with E-state index >= 15 is 0 Å². The molecule has 66 heavy (non-hydrogen) atoms. The van der Waals surface area contributed by atoms with E-state index in [4.69, 9.17) is 4.74 Å². The first-order chi connectivity index (χ1) is 32.5. The van der Waals surface area contributed by atoms with Crippen LogP contribution in [-0.4, -0.2) is 47.4 Å². The minimum Gasteiger partial charge on any atom is -0.466 e. The summed E-state index contributed by atoms with van der Waals surface area (Å²) in [5, 5.41) is 23.3. The Hall–Kier alpha value is -1.40. The molecule has 0 saturated heterocycles. The van der Waals surface area contributed by atoms with Crippen molar-refractivity contribution in [3.05, 3.63) is 12.2 Å². The largest absolute Gasteiger partial charge is 0.466 e. The van der Waals surface area contributed by atoms with E-state index in [1.165, 1.54) is 257 Å². The van der Waals surface area contributed by atoms with E-state index in [1.807, 2.05) is 0 Å². The molecular formula is C60H117NO5. The van der Waals surface area contributed by atoms with Crippen LogP contribution in [-0.2, 0) is 14.3 Å². The van der Waals surface area contributed by atoms with Gasteiger partial charge in [-0.2, -0.15) is 0 Å². The molecule has 0 aromatic heterocycles. The number of rotatable bonds is 56. The third kappa shape index (κ3) is 52.0. The van der Waals surface area contributed by atoms with Crippen LogP contribution in [0.15, 0.2) is 12.2 Å². The van der Waals surface area contributed by atoms with E-state index in [-0.39, 0.29) is 18.5 Å². The van der Waals surface area contributed by atoms with Gasteiger partial charge in [-0.25, -0.2) is 0 Å². The standard InChI is InChI=1S/C60H117NO5/c1-3-5-7-9-11-13-15-17-19-21-25-28-32-36-40-44-48-52-58(63)57(56-62)61-59(64)53-49-45-41-37-33-29-26-22-20-23-27-31-35-39-43-47-51-55-66-60(65)54-50-46-42-38-34-30-24-18-16-14-12-10-8-6-4-2/h18,24,57-58,62-63H,3-17,19-23,25-56H2,1-2H3,(H,61,64)/b24-18-. The lowest BCUT2D eigenvalue weighted by molar-refractivity contribution is -0.143. The Bertz CT molecular complexity index is 986. The molecule has 0 fully saturated rings. The maximum Gasteiger partial charge on any atom is 0.305 e. The predicted molar refractivity (Wildman–Crippen MR) is 287 cm³/mol. The zero-order valence-electron chi connectivity index (χ0n) is 44.7. The number of ether oxygens (including phenoxy) is 1. The summed E-state index contributed by atoms with van der Waals surface area (Å²) in [6, 6.07) is -0.545. The number of amides is 1. The molecule has 0 aliphatic rings. The highest BCUT2D eigenvalue weighted by atomic mass is 16.5. The molecule has 0 saturated carbocycles. The van der Waals surface area contributed by atoms with Gasteiger partial charge in [0.2, 0.25) is 5.91 Å². The molecule has 1 amide bonds. The monoisotopic (exact) mass is 932 g/mol. The highest BCUT2D eigenvalue weighted by Gasteiger charge is 2.20. The van der Waals surface area contributed by atoms with Crippen molar-refractivity contribution in [2.75, 3.05) is 13.2 Å². The number of esters is 1. The van der Waals surface area contributed by atoms with Gasteiger partial charge >= 0.3 is 5.97 Å². The van der Waals surface area contributed by atoms with E-state index in [0.717, 1.165) is 44.9 Å². The highest BCUT2D eigenvalue weighted by molar-refractivity contribution is 5.76. The third-order valence-electron chi connectivity index (χ3n) is 14.1. The van der Waals surface area contributed by atoms with Crippen LogP contribution in [0.1, 0.15) is 335 Å². The molecule has 0 heterocycles. The fourth-order valence-corrected chi connectivity index (χ4v) is 9.46. The van der Waals surface area contributed by atoms with Crippen LogP contribution in [0.4, 0.5) is 0 Å². The van der Waals surface area contributed by atoms with Crippen LogP contribution in [0.25, 0.3) is 0 Å². The van der Waals surface area contributed by atoms with Crippen LogP contribution in [0.2, 0.25) is 0 Å². The van der Waals surface area contributed by atoms with Gasteiger partial charge in [-0.3, -0.25) is 9.59 Å². The van der Waals surface area contributed by atoms with Gasteiger partial charge in [0.15, 0.2) is 0 Å². The molecule has 0 aliphatic heterocycles. The molecule has 2 unspecified atom stereocenters. The smallest absolute Gasteiger partial charge is 0.305 e. The second kappa shape index (κ2) is 56.2. The number of hydrogen-bond acceptors (Lipinski definition) is 5. The van der Waals surface area contributed by atoms with Crippen LogP contribution < -0.4 is 5.32 Å². The summed E-state index contributed by atoms with van der Waals surface area (Å²) in [5.41, 5.74) is 0. The van der Waals surface area contributed by atoms with Gasteiger partial charge in [-0.15, -0.1) is 0 Å². The fraction of sp³-hybridized carbons (Fsp3) is 0.933. The SMILES string of the molecule is CCCCCCCC/C=C\CCCCCCCC(=O)OCCCCCCCCCCCCCCCCCCCC(=O)NC(CO)C(O)CCCCCCCCCCCCCCCCCCC. The molecule has 0 radical (unpaired) electrons. The molecule has 392 valence electrons. The number of carbonyl (C=O) groups excluding carboxylic acids is 2. The molecule has 0 spiro atoms. The first-order valence-electron chi connectivity index (χ1n) is 29.9. The molecule has 0 rings (SSSR count). The Morgan fingerprint density at radius 1 is 0.409 bits per heavy atom. The zero-order valence-corrected chi connectivity index (χ0v) is 44.7. The topological polar surface area (TPSA) is 95.9 Å². The first-order valence-corrected chi connectivity index (χ1v) is 29.9. The van der Waals surface area contributed by atoms with Crippen LogP contribution >= 0.6 is 0 Å². The molecule has 2 atom stereocenters. The van der Waals surface area contributed by atoms with Crippen molar-refractivity contribution in [2.45, 2.75) is 347 Å². The van der Waals surface area contributed by atoms with Gasteiger partial charge < -0.3 is 20.3 Å². The number of unbranched alkanes of at least 4 members (excludes halogenated alkanes) is 43. The lowest BCUT2D eigenvalue weighted by Crippen LogP contribution is -2.45. The second-order valence-corrected chi connectivity index (χ2v) is 20.7. The van der Waals surface area contributed by atoms with Gasteiger partial charge in [0.1, 0.15) is 0 Å². The van der Waals surface area contributed by atoms with E-state index in [9.17, 15) is 19.8 Å². The van der Waals surface area contributed by atoms with Crippen molar-refractivity contribution >= 4 is 11.9 Å². The van der Waals surface area contributed by atoms with E-state index in [2.05, 4.69) is 31.3 Å². The summed E-state index contributed by atoms with van der Waals surface area (Å²) < 4.78 is 5.48. The Kier molecular flexibility index (Phi) is 55.0. The molecule has 0 bridgehead atoms. The molecular weight excluding hydrogens is 815 g/mol. The quantitative estimate of drug-likeness (QED) is 0.0321. The lowest BCUT2D eigenvalue weighted by atomic mass is 10.0. The number of nitrogens with one attached hydrogen (secondary N) is 1. The summed E-state index contributed by atoms with van der Waals surface area (Å²) in [6.45, 7) is 4.96. The fourth-order valence-electron chi connectivity index (χ4n) is 9.46. The minimum atomic E-state index is -0.668. The first kappa shape index (κ1) is 64.6. The van der Waals surface area contributed by atoms with E-state index in [1.54, 1.807) is 0 Å². The van der Waals surface area contributed by atoms with Crippen LogP contribution in [0, 0.1) is 0 Å². The molecule has 6 nitrogen and oxygen atoms in total. The lowest BCUT2D eigenvalue weighted by Gasteiger charge is -2.22. The van der Waals surface area contributed by atoms with E-state index in [0.29, 0.717) is 25.9 Å². The average Bonchev–Trinajstić information content (AvgIpc) is 3.32. The summed E-state index contributed by atoms with van der Waals surface area (Å²) in [6.07, 6.45) is 66.3. The Morgan fingerprint density at radius 2 is 0.712 bits per heavy atom. The maximum atomic E-state index is 12.5. The summed E-state index contributed by atoms with van der Waals surface area (Å²) in [7, 11) is 0.